The lowest BCUT2D eigenvalue weighted by Gasteiger charge is -2.39. The lowest BCUT2D eigenvalue weighted by Crippen LogP contribution is -2.50. The highest BCUT2D eigenvalue weighted by molar-refractivity contribution is 5.78. The molecule has 3 heterocycles. The molecule has 30 heavy (non-hydrogen) atoms. The van der Waals surface area contributed by atoms with Crippen LogP contribution in [-0.4, -0.2) is 57.3 Å². The third-order valence-corrected chi connectivity index (χ3v) is 5.28. The van der Waals surface area contributed by atoms with Crippen LogP contribution in [0.15, 0.2) is 24.4 Å². The minimum Gasteiger partial charge on any atom is -0.481 e. The van der Waals surface area contributed by atoms with Crippen LogP contribution in [0.2, 0.25) is 0 Å². The number of methoxy groups -OCH3 is 1. The molecule has 2 aromatic rings. The second-order valence-corrected chi connectivity index (χ2v) is 8.63. The molecule has 1 saturated heterocycles. The van der Waals surface area contributed by atoms with Crippen LogP contribution in [-0.2, 0) is 16.0 Å². The molecule has 2 atom stereocenters. The predicted octanol–water partition coefficient (Wildman–Crippen LogP) is 3.67. The minimum absolute atomic E-state index is 0.0933. The Bertz CT molecular complexity index is 925. The number of fused-ring (bicyclic) bond motifs is 1. The van der Waals surface area contributed by atoms with Gasteiger partial charge in [0, 0.05) is 24.8 Å². The van der Waals surface area contributed by atoms with Gasteiger partial charge in [-0.2, -0.15) is 0 Å². The van der Waals surface area contributed by atoms with Gasteiger partial charge in [-0.1, -0.05) is 0 Å². The zero-order valence-corrected chi connectivity index (χ0v) is 17.9. The van der Waals surface area contributed by atoms with E-state index in [0.717, 1.165) is 16.6 Å². The van der Waals surface area contributed by atoms with Crippen molar-refractivity contribution in [3.63, 3.8) is 0 Å². The molecule has 1 amide bonds. The smallest absolute Gasteiger partial charge is 0.410 e. The first kappa shape index (κ1) is 21.8. The third kappa shape index (κ3) is 5.17. The summed E-state index contributed by atoms with van der Waals surface area (Å²) in [4.78, 5) is 34.7. The maximum Gasteiger partial charge on any atom is 0.410 e. The highest BCUT2D eigenvalue weighted by Gasteiger charge is 2.36. The maximum absolute atomic E-state index is 12.8. The summed E-state index contributed by atoms with van der Waals surface area (Å²) >= 11 is 0. The molecule has 8 heteroatoms. The standard InChI is InChI=1S/C22H29N3O5/c1-22(2,3)30-21(28)25-13-15(20(26)27)6-8-16(25)7-5-14-11-12-23-17-9-10-18(29-4)24-19(14)17/h9-12,15-16H,5-8,13H2,1-4H3,(H,26,27)/t15-,16-/m0/s1. The number of ether oxygens (including phenoxy) is 2. The molecule has 0 unspecified atom stereocenters. The van der Waals surface area contributed by atoms with Gasteiger partial charge in [0.15, 0.2) is 0 Å². The largest absolute Gasteiger partial charge is 0.481 e. The van der Waals surface area contributed by atoms with Crippen LogP contribution >= 0.6 is 0 Å². The number of hydrogen-bond acceptors (Lipinski definition) is 6. The van der Waals surface area contributed by atoms with Crippen LogP contribution < -0.4 is 4.74 Å². The van der Waals surface area contributed by atoms with Crippen molar-refractivity contribution in [2.24, 2.45) is 5.92 Å². The maximum atomic E-state index is 12.8. The molecule has 0 radical (unpaired) electrons. The van der Waals surface area contributed by atoms with E-state index in [4.69, 9.17) is 9.47 Å². The Morgan fingerprint density at radius 3 is 2.67 bits per heavy atom. The van der Waals surface area contributed by atoms with Gasteiger partial charge < -0.3 is 19.5 Å². The van der Waals surface area contributed by atoms with Gasteiger partial charge >= 0.3 is 12.1 Å². The van der Waals surface area contributed by atoms with Gasteiger partial charge in [-0.05, 0) is 64.2 Å². The van der Waals surface area contributed by atoms with Crippen molar-refractivity contribution in [2.75, 3.05) is 13.7 Å². The second kappa shape index (κ2) is 8.85. The highest BCUT2D eigenvalue weighted by Crippen LogP contribution is 2.28. The zero-order chi connectivity index (χ0) is 21.9. The van der Waals surface area contributed by atoms with E-state index in [1.54, 1.807) is 45.0 Å². The van der Waals surface area contributed by atoms with E-state index >= 15 is 0 Å². The number of pyridine rings is 2. The van der Waals surface area contributed by atoms with Crippen LogP contribution in [0, 0.1) is 5.92 Å². The van der Waals surface area contributed by atoms with Crippen molar-refractivity contribution in [1.82, 2.24) is 14.9 Å². The fourth-order valence-electron chi connectivity index (χ4n) is 3.77. The lowest BCUT2D eigenvalue weighted by molar-refractivity contribution is -0.144. The normalized spacial score (nSPS) is 19.5. The van der Waals surface area contributed by atoms with Crippen molar-refractivity contribution in [3.05, 3.63) is 30.0 Å². The number of aryl methyl sites for hydroxylation is 1. The number of nitrogens with zero attached hydrogens (tertiary/aromatic N) is 3. The Morgan fingerprint density at radius 2 is 2.00 bits per heavy atom. The van der Waals surface area contributed by atoms with Crippen molar-refractivity contribution in [3.8, 4) is 5.88 Å². The predicted molar refractivity (Wildman–Crippen MR) is 111 cm³/mol. The molecule has 1 aliphatic rings. The molecule has 0 bridgehead atoms. The van der Waals surface area contributed by atoms with Crippen molar-refractivity contribution >= 4 is 23.1 Å². The summed E-state index contributed by atoms with van der Waals surface area (Å²) in [6.07, 6.45) is 3.82. The lowest BCUT2D eigenvalue weighted by atomic mass is 9.90. The summed E-state index contributed by atoms with van der Waals surface area (Å²) in [5.74, 6) is -0.922. The Labute approximate surface area is 176 Å². The van der Waals surface area contributed by atoms with Crippen LogP contribution in [0.25, 0.3) is 11.0 Å². The quantitative estimate of drug-likeness (QED) is 0.795. The molecule has 0 aliphatic carbocycles. The number of aliphatic carboxylic acids is 1. The van der Waals surface area contributed by atoms with Gasteiger partial charge in [0.1, 0.15) is 5.60 Å². The van der Waals surface area contributed by atoms with E-state index < -0.39 is 23.6 Å². The van der Waals surface area contributed by atoms with Crippen molar-refractivity contribution in [2.45, 2.75) is 58.1 Å². The molecule has 1 aliphatic heterocycles. The summed E-state index contributed by atoms with van der Waals surface area (Å²) in [5.41, 5.74) is 1.94. The van der Waals surface area contributed by atoms with E-state index in [1.807, 2.05) is 12.1 Å². The summed E-state index contributed by atoms with van der Waals surface area (Å²) in [6, 6.07) is 5.48. The third-order valence-electron chi connectivity index (χ3n) is 5.28. The molecular formula is C22H29N3O5. The molecule has 1 fully saturated rings. The molecule has 0 spiro atoms. The second-order valence-electron chi connectivity index (χ2n) is 8.63. The number of piperidine rings is 1. The van der Waals surface area contributed by atoms with Gasteiger partial charge in [0.05, 0.1) is 24.1 Å². The fraction of sp³-hybridized carbons (Fsp3) is 0.545. The van der Waals surface area contributed by atoms with Gasteiger partial charge in [-0.25, -0.2) is 9.78 Å². The van der Waals surface area contributed by atoms with E-state index in [9.17, 15) is 14.7 Å². The molecule has 2 aromatic heterocycles. The number of rotatable bonds is 5. The molecule has 8 nitrogen and oxygen atoms in total. The van der Waals surface area contributed by atoms with E-state index in [2.05, 4.69) is 9.97 Å². The fourth-order valence-corrected chi connectivity index (χ4v) is 3.77. The number of aromatic nitrogens is 2. The average Bonchev–Trinajstić information content (AvgIpc) is 2.70. The summed E-state index contributed by atoms with van der Waals surface area (Å²) < 4.78 is 10.8. The molecule has 1 N–H and O–H groups in total. The number of likely N-dealkylation sites (tertiary alicyclic amines) is 1. The van der Waals surface area contributed by atoms with Gasteiger partial charge in [0.2, 0.25) is 5.88 Å². The first-order valence-electron chi connectivity index (χ1n) is 10.2. The Hall–Kier alpha value is -2.90. The number of carboxylic acids is 1. The average molecular weight is 415 g/mol. The van der Waals surface area contributed by atoms with Crippen LogP contribution in [0.1, 0.15) is 45.6 Å². The topological polar surface area (TPSA) is 102 Å². The van der Waals surface area contributed by atoms with Gasteiger partial charge in [-0.15, -0.1) is 0 Å². The molecule has 162 valence electrons. The Kier molecular flexibility index (Phi) is 6.43. The van der Waals surface area contributed by atoms with E-state index in [1.165, 1.54) is 0 Å². The van der Waals surface area contributed by atoms with E-state index in [0.29, 0.717) is 31.6 Å². The number of hydrogen-bond donors (Lipinski definition) is 1. The minimum atomic E-state index is -0.876. The molecule has 0 aromatic carbocycles. The number of carbonyl (C=O) groups excluding carboxylic acids is 1. The van der Waals surface area contributed by atoms with Gasteiger partial charge in [0.25, 0.3) is 0 Å². The summed E-state index contributed by atoms with van der Waals surface area (Å²) in [5, 5.41) is 9.43. The van der Waals surface area contributed by atoms with Crippen molar-refractivity contribution in [1.29, 1.82) is 0 Å². The molecule has 3 rings (SSSR count). The van der Waals surface area contributed by atoms with Crippen LogP contribution in [0.3, 0.4) is 0 Å². The summed E-state index contributed by atoms with van der Waals surface area (Å²) in [6.45, 7) is 5.58. The van der Waals surface area contributed by atoms with Crippen LogP contribution in [0.5, 0.6) is 5.88 Å². The van der Waals surface area contributed by atoms with Gasteiger partial charge in [-0.3, -0.25) is 9.78 Å². The monoisotopic (exact) mass is 415 g/mol. The number of amides is 1. The number of carboxylic acid groups (broad SMARTS) is 1. The number of carbonyl (C=O) groups is 2. The SMILES string of the molecule is COc1ccc2nccc(CC[C@H]3CC[C@H](C(=O)O)CN3C(=O)OC(C)(C)C)c2n1. The summed E-state index contributed by atoms with van der Waals surface area (Å²) in [7, 11) is 1.57. The highest BCUT2D eigenvalue weighted by atomic mass is 16.6. The van der Waals surface area contributed by atoms with E-state index in [-0.39, 0.29) is 12.6 Å². The van der Waals surface area contributed by atoms with Crippen LogP contribution in [0.4, 0.5) is 4.79 Å². The first-order valence-corrected chi connectivity index (χ1v) is 10.2. The first-order chi connectivity index (χ1) is 14.2. The molecule has 0 saturated carbocycles. The Balaban J connectivity index is 1.79. The van der Waals surface area contributed by atoms with Crippen molar-refractivity contribution < 1.29 is 24.2 Å². The Morgan fingerprint density at radius 1 is 1.23 bits per heavy atom. The molecular weight excluding hydrogens is 386 g/mol. The zero-order valence-electron chi connectivity index (χ0n) is 17.9.